The van der Waals surface area contributed by atoms with Crippen LogP contribution < -0.4 is 14.8 Å². The minimum Gasteiger partial charge on any atom is -0.493 e. The van der Waals surface area contributed by atoms with Crippen LogP contribution in [0.5, 0.6) is 11.5 Å². The molecule has 3 rings (SSSR count). The van der Waals surface area contributed by atoms with Gasteiger partial charge in [-0.05, 0) is 49.2 Å². The van der Waals surface area contributed by atoms with Gasteiger partial charge >= 0.3 is 0 Å². The van der Waals surface area contributed by atoms with Gasteiger partial charge in [0.15, 0.2) is 11.5 Å². The summed E-state index contributed by atoms with van der Waals surface area (Å²) < 4.78 is 35.8. The van der Waals surface area contributed by atoms with Crippen molar-refractivity contribution < 1.29 is 32.3 Å². The van der Waals surface area contributed by atoms with Crippen molar-refractivity contribution in [2.24, 2.45) is 0 Å². The first-order valence-corrected chi connectivity index (χ1v) is 13.8. The molecule has 0 aliphatic carbocycles. The first-order chi connectivity index (χ1) is 17.5. The van der Waals surface area contributed by atoms with Crippen molar-refractivity contribution in [2.75, 3.05) is 31.0 Å². The number of ether oxygens (including phenoxy) is 2. The summed E-state index contributed by atoms with van der Waals surface area (Å²) in [6, 6.07) is 6.83. The fourth-order valence-electron chi connectivity index (χ4n) is 4.13. The quantitative estimate of drug-likeness (QED) is 0.372. The maximum Gasteiger partial charge on any atom is 0.264 e. The third-order valence-corrected chi connectivity index (χ3v) is 6.71. The minimum atomic E-state index is -3.64. The predicted molar refractivity (Wildman–Crippen MR) is 140 cm³/mol. The van der Waals surface area contributed by atoms with Crippen molar-refractivity contribution in [3.05, 3.63) is 52.6 Å². The second-order valence-corrected chi connectivity index (χ2v) is 10.7. The highest BCUT2D eigenvalue weighted by atomic mass is 32.2. The average Bonchev–Trinajstić information content (AvgIpc) is 3.10. The molecule has 3 amide bonds. The van der Waals surface area contributed by atoms with E-state index in [0.29, 0.717) is 35.7 Å². The number of hydrogen-bond donors (Lipinski definition) is 1. The second kappa shape index (κ2) is 11.5. The van der Waals surface area contributed by atoms with E-state index >= 15 is 0 Å². The number of nitrogens with zero attached hydrogens (tertiary/aromatic N) is 1. The fourth-order valence-corrected chi connectivity index (χ4v) is 5.05. The standard InChI is InChI=1S/C27H30N2O7S/c1-6-9-10-17-13-19-25(20(14-17)28-24(30)7-2)27(32)29(26(19)31)21(16-37(5,33)34)18-11-12-22(35-4)23(15-18)36-8-3/h11-15,21H,7-8,10,16H2,1-5H3,(H,28,30)/t21-/m1/s1. The number of sulfone groups is 1. The Morgan fingerprint density at radius 1 is 1.11 bits per heavy atom. The van der Waals surface area contributed by atoms with Gasteiger partial charge in [-0.15, -0.1) is 5.92 Å². The molecule has 0 aromatic heterocycles. The number of benzene rings is 2. The Bertz CT molecular complexity index is 1400. The largest absolute Gasteiger partial charge is 0.493 e. The highest BCUT2D eigenvalue weighted by molar-refractivity contribution is 7.90. The summed E-state index contributed by atoms with van der Waals surface area (Å²) >= 11 is 0. The lowest BCUT2D eigenvalue weighted by Gasteiger charge is -2.27. The van der Waals surface area contributed by atoms with Crippen molar-refractivity contribution in [2.45, 2.75) is 39.7 Å². The molecule has 0 unspecified atom stereocenters. The third kappa shape index (κ3) is 6.12. The molecule has 1 aliphatic heterocycles. The number of rotatable bonds is 10. The number of anilines is 1. The zero-order valence-corrected chi connectivity index (χ0v) is 22.3. The Morgan fingerprint density at radius 2 is 1.84 bits per heavy atom. The van der Waals surface area contributed by atoms with Crippen molar-refractivity contribution in [1.29, 1.82) is 0 Å². The second-order valence-electron chi connectivity index (χ2n) is 8.50. The van der Waals surface area contributed by atoms with Crippen LogP contribution in [0.2, 0.25) is 0 Å². The summed E-state index contributed by atoms with van der Waals surface area (Å²) in [5.41, 5.74) is 1.34. The summed E-state index contributed by atoms with van der Waals surface area (Å²) in [5, 5.41) is 2.71. The zero-order valence-electron chi connectivity index (χ0n) is 21.5. The van der Waals surface area contributed by atoms with E-state index in [1.165, 1.54) is 7.11 Å². The lowest BCUT2D eigenvalue weighted by molar-refractivity contribution is -0.115. The molecule has 1 N–H and O–H groups in total. The van der Waals surface area contributed by atoms with Gasteiger partial charge in [-0.1, -0.05) is 18.9 Å². The highest BCUT2D eigenvalue weighted by Gasteiger charge is 2.44. The molecule has 2 aromatic carbocycles. The Hall–Kier alpha value is -3.84. The normalized spacial score (nSPS) is 13.5. The van der Waals surface area contributed by atoms with E-state index in [2.05, 4.69) is 17.2 Å². The number of carbonyl (C=O) groups excluding carboxylic acids is 3. The van der Waals surface area contributed by atoms with Gasteiger partial charge in [-0.3, -0.25) is 19.3 Å². The molecular formula is C27H30N2O7S. The SMILES string of the molecule is CC#CCc1cc(NC(=O)CC)c2c(c1)C(=O)N([C@H](CS(C)(=O)=O)c1ccc(OC)c(OCC)c1)C2=O. The molecule has 2 aromatic rings. The molecule has 1 heterocycles. The maximum absolute atomic E-state index is 13.7. The van der Waals surface area contributed by atoms with Gasteiger partial charge in [0.05, 0.1) is 42.3 Å². The van der Waals surface area contributed by atoms with E-state index in [0.717, 1.165) is 11.2 Å². The first kappa shape index (κ1) is 27.7. The summed E-state index contributed by atoms with van der Waals surface area (Å²) in [6.45, 7) is 5.47. The van der Waals surface area contributed by atoms with E-state index in [1.807, 2.05) is 0 Å². The van der Waals surface area contributed by atoms with E-state index in [4.69, 9.17) is 9.47 Å². The first-order valence-electron chi connectivity index (χ1n) is 11.8. The average molecular weight is 527 g/mol. The van der Waals surface area contributed by atoms with Crippen molar-refractivity contribution in [1.82, 2.24) is 4.90 Å². The monoisotopic (exact) mass is 526 g/mol. The Labute approximate surface area is 217 Å². The molecule has 9 nitrogen and oxygen atoms in total. The zero-order chi connectivity index (χ0) is 27.3. The van der Waals surface area contributed by atoms with Crippen LogP contribution in [0.4, 0.5) is 5.69 Å². The van der Waals surface area contributed by atoms with E-state index in [9.17, 15) is 22.8 Å². The number of amides is 3. The van der Waals surface area contributed by atoms with Crippen molar-refractivity contribution >= 4 is 33.2 Å². The topological polar surface area (TPSA) is 119 Å². The molecule has 37 heavy (non-hydrogen) atoms. The molecule has 0 spiro atoms. The van der Waals surface area contributed by atoms with Crippen LogP contribution in [0, 0.1) is 11.8 Å². The lowest BCUT2D eigenvalue weighted by atomic mass is 10.0. The van der Waals surface area contributed by atoms with Gasteiger partial charge in [-0.2, -0.15) is 0 Å². The summed E-state index contributed by atoms with van der Waals surface area (Å²) in [7, 11) is -2.17. The number of carbonyl (C=O) groups is 3. The third-order valence-electron chi connectivity index (χ3n) is 5.79. The molecule has 1 atom stereocenters. The lowest BCUT2D eigenvalue weighted by Crippen LogP contribution is -2.37. The molecule has 1 aliphatic rings. The van der Waals surface area contributed by atoms with E-state index in [1.54, 1.807) is 51.1 Å². The smallest absolute Gasteiger partial charge is 0.264 e. The van der Waals surface area contributed by atoms with Crippen LogP contribution in [-0.2, 0) is 21.1 Å². The van der Waals surface area contributed by atoms with Gasteiger partial charge in [-0.25, -0.2) is 8.42 Å². The summed E-state index contributed by atoms with van der Waals surface area (Å²) in [6.07, 6.45) is 1.52. The van der Waals surface area contributed by atoms with E-state index < -0.39 is 33.4 Å². The molecule has 196 valence electrons. The molecule has 0 fully saturated rings. The van der Waals surface area contributed by atoms with Crippen LogP contribution in [0.1, 0.15) is 65.1 Å². The van der Waals surface area contributed by atoms with Crippen LogP contribution in [-0.4, -0.2) is 56.8 Å². The molecule has 0 saturated heterocycles. The van der Waals surface area contributed by atoms with Gasteiger partial charge < -0.3 is 14.8 Å². The number of methoxy groups -OCH3 is 1. The van der Waals surface area contributed by atoms with Crippen molar-refractivity contribution in [3.63, 3.8) is 0 Å². The summed E-state index contributed by atoms with van der Waals surface area (Å²) in [5.74, 6) is 4.31. The summed E-state index contributed by atoms with van der Waals surface area (Å²) in [4.78, 5) is 40.6. The van der Waals surface area contributed by atoms with Crippen LogP contribution in [0.25, 0.3) is 0 Å². The maximum atomic E-state index is 13.7. The molecular weight excluding hydrogens is 496 g/mol. The molecule has 0 saturated carbocycles. The molecule has 10 heteroatoms. The van der Waals surface area contributed by atoms with Crippen LogP contribution in [0.3, 0.4) is 0 Å². The molecule has 0 radical (unpaired) electrons. The highest BCUT2D eigenvalue weighted by Crippen LogP contribution is 2.39. The van der Waals surface area contributed by atoms with Crippen LogP contribution >= 0.6 is 0 Å². The number of nitrogens with one attached hydrogen (secondary N) is 1. The van der Waals surface area contributed by atoms with Crippen molar-refractivity contribution in [3.8, 4) is 23.3 Å². The molecule has 0 bridgehead atoms. The van der Waals surface area contributed by atoms with Gasteiger partial charge in [0.25, 0.3) is 11.8 Å². The van der Waals surface area contributed by atoms with Crippen LogP contribution in [0.15, 0.2) is 30.3 Å². The van der Waals surface area contributed by atoms with E-state index in [-0.39, 0.29) is 29.1 Å². The number of fused-ring (bicyclic) bond motifs is 1. The minimum absolute atomic E-state index is 0.0250. The van der Waals surface area contributed by atoms with Gasteiger partial charge in [0.1, 0.15) is 9.84 Å². The Morgan fingerprint density at radius 3 is 2.43 bits per heavy atom. The number of imide groups is 1. The Balaban J connectivity index is 2.18. The number of hydrogen-bond acceptors (Lipinski definition) is 7. The fraction of sp³-hybridized carbons (Fsp3) is 0.370. The van der Waals surface area contributed by atoms with Gasteiger partial charge in [0.2, 0.25) is 5.91 Å². The Kier molecular flexibility index (Phi) is 8.61. The predicted octanol–water partition coefficient (Wildman–Crippen LogP) is 3.39. The van der Waals surface area contributed by atoms with Gasteiger partial charge in [0, 0.05) is 19.1 Å².